The van der Waals surface area contributed by atoms with Crippen molar-refractivity contribution in [2.45, 2.75) is 35.7 Å². The Morgan fingerprint density at radius 3 is 1.36 bits per heavy atom. The Morgan fingerprint density at radius 1 is 0.909 bits per heavy atom. The Bertz CT molecular complexity index is 123. The zero-order chi connectivity index (χ0) is 7.83. The minimum Gasteiger partial charge on any atom is -0.310 e. The van der Waals surface area contributed by atoms with Gasteiger partial charge in [0.15, 0.2) is 0 Å². The zero-order valence-electron chi connectivity index (χ0n) is 6.06. The second-order valence-electron chi connectivity index (χ2n) is 2.93. The summed E-state index contributed by atoms with van der Waals surface area (Å²) >= 11 is 11.8. The molecule has 0 bridgehead atoms. The first-order chi connectivity index (χ1) is 4.46. The van der Waals surface area contributed by atoms with Gasteiger partial charge < -0.3 is 11.5 Å². The van der Waals surface area contributed by atoms with Crippen LogP contribution in [0.4, 0.5) is 0 Å². The van der Waals surface area contributed by atoms with Crippen molar-refractivity contribution in [3.63, 3.8) is 0 Å². The van der Waals surface area contributed by atoms with Crippen LogP contribution >= 0.6 is 23.2 Å². The third-order valence-corrected chi connectivity index (χ3v) is 3.17. The molecular weight excluding hydrogens is 366 g/mol. The standard InChI is InChI=1S/C6H12Cl2N2.Pt/c7-5(9)3-1-2-4-6(5,8)10;/h1-4,9-10H2;/t5-,6-;/m0./s1. The second-order valence-corrected chi connectivity index (χ2v) is 4.28. The van der Waals surface area contributed by atoms with Crippen molar-refractivity contribution in [2.24, 2.45) is 11.5 Å². The molecule has 2 atom stereocenters. The molecule has 0 aliphatic heterocycles. The van der Waals surface area contributed by atoms with Gasteiger partial charge in [-0.1, -0.05) is 36.0 Å². The van der Waals surface area contributed by atoms with Gasteiger partial charge in [0, 0.05) is 21.1 Å². The number of nitrogens with two attached hydrogens (primary N) is 2. The SMILES string of the molecule is N[C@@]1(Cl)CCCC[C@@]1(N)Cl.[Pt]. The molecule has 0 spiro atoms. The van der Waals surface area contributed by atoms with E-state index in [9.17, 15) is 0 Å². The van der Waals surface area contributed by atoms with E-state index in [4.69, 9.17) is 34.7 Å². The fourth-order valence-electron chi connectivity index (χ4n) is 1.18. The van der Waals surface area contributed by atoms with Crippen LogP contribution in [0, 0.1) is 0 Å². The summed E-state index contributed by atoms with van der Waals surface area (Å²) in [7, 11) is 0. The summed E-state index contributed by atoms with van der Waals surface area (Å²) in [5.74, 6) is 0. The van der Waals surface area contributed by atoms with E-state index in [0.717, 1.165) is 12.8 Å². The van der Waals surface area contributed by atoms with E-state index in [0.29, 0.717) is 12.8 Å². The van der Waals surface area contributed by atoms with Gasteiger partial charge in [-0.25, -0.2) is 0 Å². The third kappa shape index (κ3) is 2.57. The maximum atomic E-state index is 5.88. The summed E-state index contributed by atoms with van der Waals surface area (Å²) < 4.78 is 0. The molecule has 0 unspecified atom stereocenters. The van der Waals surface area contributed by atoms with Gasteiger partial charge in [-0.05, 0) is 12.8 Å². The van der Waals surface area contributed by atoms with Gasteiger partial charge >= 0.3 is 0 Å². The number of hydrogen-bond acceptors (Lipinski definition) is 2. The fourth-order valence-corrected chi connectivity index (χ4v) is 1.64. The predicted octanol–water partition coefficient (Wildman–Crippen LogP) is 1.35. The quantitative estimate of drug-likeness (QED) is 0.494. The Balaban J connectivity index is 0.000001000. The summed E-state index contributed by atoms with van der Waals surface area (Å²) in [6.07, 6.45) is 3.44. The molecule has 2 nitrogen and oxygen atoms in total. The Morgan fingerprint density at radius 2 is 1.18 bits per heavy atom. The summed E-state index contributed by atoms with van der Waals surface area (Å²) in [5, 5.41) is 0. The molecule has 4 N–H and O–H groups in total. The number of rotatable bonds is 0. The van der Waals surface area contributed by atoms with Crippen LogP contribution < -0.4 is 11.5 Å². The average molecular weight is 378 g/mol. The average Bonchev–Trinajstić information content (AvgIpc) is 1.77. The summed E-state index contributed by atoms with van der Waals surface area (Å²) in [6, 6.07) is 0. The van der Waals surface area contributed by atoms with Gasteiger partial charge in [-0.3, -0.25) is 0 Å². The molecule has 1 rings (SSSR count). The van der Waals surface area contributed by atoms with Crippen molar-refractivity contribution in [3.8, 4) is 0 Å². The minimum atomic E-state index is -0.910. The van der Waals surface area contributed by atoms with Crippen LogP contribution in [0.2, 0.25) is 0 Å². The van der Waals surface area contributed by atoms with Crippen LogP contribution in [0.25, 0.3) is 0 Å². The van der Waals surface area contributed by atoms with E-state index >= 15 is 0 Å². The van der Waals surface area contributed by atoms with Gasteiger partial charge in [-0.15, -0.1) is 0 Å². The molecule has 70 valence electrons. The van der Waals surface area contributed by atoms with E-state index in [2.05, 4.69) is 0 Å². The molecule has 0 aromatic carbocycles. The summed E-state index contributed by atoms with van der Waals surface area (Å²) in [5.41, 5.74) is 11.3. The van der Waals surface area contributed by atoms with Crippen LogP contribution in [0.5, 0.6) is 0 Å². The number of alkyl halides is 2. The largest absolute Gasteiger partial charge is 0.310 e. The first-order valence-electron chi connectivity index (χ1n) is 3.41. The van der Waals surface area contributed by atoms with Crippen LogP contribution in [0.1, 0.15) is 25.7 Å². The summed E-state index contributed by atoms with van der Waals surface area (Å²) in [6.45, 7) is 0. The van der Waals surface area contributed by atoms with E-state index in [1.165, 1.54) is 0 Å². The molecule has 0 saturated heterocycles. The molecular formula is C6H12Cl2N2Pt. The molecule has 0 aromatic heterocycles. The maximum Gasteiger partial charge on any atom is 0.123 e. The molecule has 0 radical (unpaired) electrons. The topological polar surface area (TPSA) is 52.0 Å². The van der Waals surface area contributed by atoms with E-state index in [1.807, 2.05) is 0 Å². The van der Waals surface area contributed by atoms with Crippen molar-refractivity contribution < 1.29 is 21.1 Å². The first kappa shape index (κ1) is 12.2. The van der Waals surface area contributed by atoms with Gasteiger partial charge in [0.25, 0.3) is 0 Å². The Hall–Kier alpha value is 1.19. The molecule has 0 amide bonds. The Labute approximate surface area is 91.2 Å². The van der Waals surface area contributed by atoms with Crippen molar-refractivity contribution in [1.82, 2.24) is 0 Å². The molecule has 0 aromatic rings. The molecule has 1 aliphatic carbocycles. The van der Waals surface area contributed by atoms with E-state index in [1.54, 1.807) is 0 Å². The van der Waals surface area contributed by atoms with E-state index in [-0.39, 0.29) is 21.1 Å². The van der Waals surface area contributed by atoms with E-state index < -0.39 is 10.00 Å². The van der Waals surface area contributed by atoms with Crippen molar-refractivity contribution in [1.29, 1.82) is 0 Å². The molecule has 0 heterocycles. The second kappa shape index (κ2) is 3.93. The van der Waals surface area contributed by atoms with Crippen LogP contribution in [0.3, 0.4) is 0 Å². The van der Waals surface area contributed by atoms with Gasteiger partial charge in [-0.2, -0.15) is 0 Å². The first-order valence-corrected chi connectivity index (χ1v) is 4.17. The van der Waals surface area contributed by atoms with Gasteiger partial charge in [0.05, 0.1) is 0 Å². The molecule has 1 saturated carbocycles. The van der Waals surface area contributed by atoms with Crippen LogP contribution in [-0.4, -0.2) is 10.00 Å². The Kier molecular flexibility index (Phi) is 4.36. The summed E-state index contributed by atoms with van der Waals surface area (Å²) in [4.78, 5) is -1.82. The minimum absolute atomic E-state index is 0. The molecule has 11 heavy (non-hydrogen) atoms. The maximum absolute atomic E-state index is 5.88. The fraction of sp³-hybridized carbons (Fsp3) is 1.00. The predicted molar refractivity (Wildman–Crippen MR) is 44.0 cm³/mol. The normalized spacial score (nSPS) is 44.7. The van der Waals surface area contributed by atoms with Crippen molar-refractivity contribution in [3.05, 3.63) is 0 Å². The molecule has 1 aliphatic rings. The zero-order valence-corrected chi connectivity index (χ0v) is 9.84. The number of hydrogen-bond donors (Lipinski definition) is 2. The monoisotopic (exact) mass is 377 g/mol. The van der Waals surface area contributed by atoms with Crippen molar-refractivity contribution in [2.75, 3.05) is 0 Å². The molecule has 5 heteroatoms. The molecule has 1 fully saturated rings. The smallest absolute Gasteiger partial charge is 0.123 e. The van der Waals surface area contributed by atoms with Crippen molar-refractivity contribution >= 4 is 23.2 Å². The number of halogens is 2. The third-order valence-electron chi connectivity index (χ3n) is 2.02. The van der Waals surface area contributed by atoms with Gasteiger partial charge in [0.1, 0.15) is 10.00 Å². The van der Waals surface area contributed by atoms with Gasteiger partial charge in [0.2, 0.25) is 0 Å². The van der Waals surface area contributed by atoms with Crippen LogP contribution in [0.15, 0.2) is 0 Å². The van der Waals surface area contributed by atoms with Crippen LogP contribution in [-0.2, 0) is 21.1 Å².